The van der Waals surface area contributed by atoms with E-state index in [0.717, 1.165) is 0 Å². The molecule has 0 aromatic rings. The molecule has 0 saturated heterocycles. The normalized spacial score (nSPS) is 10.3. The number of carboxylic acid groups (broad SMARTS) is 1. The van der Waals surface area contributed by atoms with Gasteiger partial charge in [0.1, 0.15) is 0 Å². The molecular weight excluding hydrogens is 252 g/mol. The molecule has 3 N–H and O–H groups in total. The van der Waals surface area contributed by atoms with Crippen LogP contribution in [0.3, 0.4) is 0 Å². The summed E-state index contributed by atoms with van der Waals surface area (Å²) in [7, 11) is 0. The first-order valence-corrected chi connectivity index (χ1v) is 6.29. The highest BCUT2D eigenvalue weighted by molar-refractivity contribution is 5.94. The quantitative estimate of drug-likeness (QED) is 0.538. The number of carbonyl (C=O) groups excluding carboxylic acids is 2. The number of urea groups is 1. The van der Waals surface area contributed by atoms with Crippen LogP contribution in [0.1, 0.15) is 33.1 Å². The second-order valence-electron chi connectivity index (χ2n) is 4.52. The fourth-order valence-electron chi connectivity index (χ4n) is 1.19. The smallest absolute Gasteiger partial charge is 0.321 e. The predicted molar refractivity (Wildman–Crippen MR) is 68.7 cm³/mol. The maximum absolute atomic E-state index is 11.2. The van der Waals surface area contributed by atoms with Crippen molar-refractivity contribution in [1.29, 1.82) is 0 Å². The second kappa shape index (κ2) is 10.3. The third-order valence-electron chi connectivity index (χ3n) is 2.03. The summed E-state index contributed by atoms with van der Waals surface area (Å²) >= 11 is 0. The summed E-state index contributed by atoms with van der Waals surface area (Å²) in [6.07, 6.45) is 0.146. The van der Waals surface area contributed by atoms with Crippen LogP contribution in [-0.4, -0.2) is 42.8 Å². The van der Waals surface area contributed by atoms with E-state index in [-0.39, 0.29) is 19.3 Å². The molecule has 0 spiro atoms. The summed E-state index contributed by atoms with van der Waals surface area (Å²) in [5, 5.41) is 13.0. The van der Waals surface area contributed by atoms with Gasteiger partial charge in [0.15, 0.2) is 0 Å². The molecule has 110 valence electrons. The Hall–Kier alpha value is -1.63. The van der Waals surface area contributed by atoms with Crippen LogP contribution in [-0.2, 0) is 14.3 Å². The lowest BCUT2D eigenvalue weighted by molar-refractivity contribution is -0.137. The van der Waals surface area contributed by atoms with E-state index in [1.165, 1.54) is 0 Å². The Bertz CT molecular complexity index is 304. The standard InChI is InChI=1S/C12H22N2O5/c1-9(2)8-19-7-6-13-12(18)14-10(15)4-3-5-11(16)17/h9H,3-8H2,1-2H3,(H,16,17)(H2,13,14,15,18). The zero-order valence-corrected chi connectivity index (χ0v) is 11.4. The molecule has 0 aliphatic rings. The van der Waals surface area contributed by atoms with Crippen molar-refractivity contribution in [3.05, 3.63) is 0 Å². The first-order valence-electron chi connectivity index (χ1n) is 6.29. The summed E-state index contributed by atoms with van der Waals surface area (Å²) in [5.41, 5.74) is 0. The Labute approximate surface area is 112 Å². The van der Waals surface area contributed by atoms with Gasteiger partial charge in [0.05, 0.1) is 6.61 Å². The van der Waals surface area contributed by atoms with E-state index >= 15 is 0 Å². The van der Waals surface area contributed by atoms with Crippen molar-refractivity contribution in [3.63, 3.8) is 0 Å². The average Bonchev–Trinajstić information content (AvgIpc) is 2.27. The maximum Gasteiger partial charge on any atom is 0.321 e. The predicted octanol–water partition coefficient (Wildman–Crippen LogP) is 0.740. The number of amides is 3. The van der Waals surface area contributed by atoms with Crippen LogP contribution in [0.15, 0.2) is 0 Å². The number of hydrogen-bond acceptors (Lipinski definition) is 4. The Morgan fingerprint density at radius 1 is 1.21 bits per heavy atom. The van der Waals surface area contributed by atoms with Crippen LogP contribution < -0.4 is 10.6 Å². The number of carbonyl (C=O) groups is 3. The van der Waals surface area contributed by atoms with Gasteiger partial charge >= 0.3 is 12.0 Å². The molecule has 0 atom stereocenters. The third-order valence-corrected chi connectivity index (χ3v) is 2.03. The van der Waals surface area contributed by atoms with Gasteiger partial charge in [0.2, 0.25) is 5.91 Å². The van der Waals surface area contributed by atoms with Crippen molar-refractivity contribution in [2.45, 2.75) is 33.1 Å². The van der Waals surface area contributed by atoms with Gasteiger partial charge in [0.25, 0.3) is 0 Å². The van der Waals surface area contributed by atoms with Crippen LogP contribution in [0.25, 0.3) is 0 Å². The fourth-order valence-corrected chi connectivity index (χ4v) is 1.19. The maximum atomic E-state index is 11.2. The molecule has 0 aromatic heterocycles. The van der Waals surface area contributed by atoms with Crippen molar-refractivity contribution >= 4 is 17.9 Å². The van der Waals surface area contributed by atoms with E-state index in [0.29, 0.717) is 25.7 Å². The van der Waals surface area contributed by atoms with E-state index in [4.69, 9.17) is 9.84 Å². The number of carboxylic acids is 1. The van der Waals surface area contributed by atoms with Crippen LogP contribution in [0, 0.1) is 5.92 Å². The minimum Gasteiger partial charge on any atom is -0.481 e. The van der Waals surface area contributed by atoms with Crippen LogP contribution in [0.2, 0.25) is 0 Å². The number of ether oxygens (including phenoxy) is 1. The van der Waals surface area contributed by atoms with Crippen molar-refractivity contribution in [2.75, 3.05) is 19.8 Å². The Balaban J connectivity index is 3.52. The summed E-state index contributed by atoms with van der Waals surface area (Å²) in [6.45, 7) is 5.38. The molecule has 19 heavy (non-hydrogen) atoms. The molecule has 7 heteroatoms. The molecule has 0 bridgehead atoms. The van der Waals surface area contributed by atoms with E-state index < -0.39 is 17.9 Å². The molecule has 3 amide bonds. The average molecular weight is 274 g/mol. The van der Waals surface area contributed by atoms with Crippen LogP contribution in [0.4, 0.5) is 4.79 Å². The highest BCUT2D eigenvalue weighted by atomic mass is 16.5. The van der Waals surface area contributed by atoms with Crippen molar-refractivity contribution in [1.82, 2.24) is 10.6 Å². The van der Waals surface area contributed by atoms with Gasteiger partial charge in [0, 0.05) is 26.0 Å². The molecule has 0 saturated carbocycles. The minimum atomic E-state index is -0.959. The van der Waals surface area contributed by atoms with Gasteiger partial charge < -0.3 is 15.2 Å². The van der Waals surface area contributed by atoms with Gasteiger partial charge in [-0.1, -0.05) is 13.8 Å². The number of imide groups is 1. The van der Waals surface area contributed by atoms with Gasteiger partial charge in [-0.2, -0.15) is 0 Å². The SMILES string of the molecule is CC(C)COCCNC(=O)NC(=O)CCCC(=O)O. The summed E-state index contributed by atoms with van der Waals surface area (Å²) in [6, 6.07) is -0.589. The first kappa shape index (κ1) is 17.4. The van der Waals surface area contributed by atoms with Crippen LogP contribution in [0.5, 0.6) is 0 Å². The zero-order chi connectivity index (χ0) is 14.7. The van der Waals surface area contributed by atoms with Gasteiger partial charge in [-0.3, -0.25) is 14.9 Å². The second-order valence-corrected chi connectivity index (χ2v) is 4.52. The lowest BCUT2D eigenvalue weighted by Gasteiger charge is -2.08. The number of aliphatic carboxylic acids is 1. The summed E-state index contributed by atoms with van der Waals surface area (Å²) < 4.78 is 5.25. The van der Waals surface area contributed by atoms with Crippen molar-refractivity contribution in [3.8, 4) is 0 Å². The van der Waals surface area contributed by atoms with E-state index in [1.807, 2.05) is 13.8 Å². The minimum absolute atomic E-state index is 0.0174. The third kappa shape index (κ3) is 12.6. The van der Waals surface area contributed by atoms with Crippen molar-refractivity contribution in [2.24, 2.45) is 5.92 Å². The van der Waals surface area contributed by atoms with Crippen LogP contribution >= 0.6 is 0 Å². The number of hydrogen-bond donors (Lipinski definition) is 3. The topological polar surface area (TPSA) is 105 Å². The fraction of sp³-hybridized carbons (Fsp3) is 0.750. The first-order chi connectivity index (χ1) is 8.91. The molecule has 0 heterocycles. The molecule has 0 aliphatic carbocycles. The largest absolute Gasteiger partial charge is 0.481 e. The van der Waals surface area contributed by atoms with Gasteiger partial charge in [-0.05, 0) is 12.3 Å². The Kier molecular flexibility index (Phi) is 9.42. The zero-order valence-electron chi connectivity index (χ0n) is 11.4. The molecular formula is C12H22N2O5. The molecule has 0 unspecified atom stereocenters. The van der Waals surface area contributed by atoms with Gasteiger partial charge in [-0.15, -0.1) is 0 Å². The lowest BCUT2D eigenvalue weighted by atomic mass is 10.2. The van der Waals surface area contributed by atoms with E-state index in [9.17, 15) is 14.4 Å². The summed E-state index contributed by atoms with van der Waals surface area (Å²) in [5.74, 6) is -1.01. The highest BCUT2D eigenvalue weighted by Crippen LogP contribution is 1.94. The van der Waals surface area contributed by atoms with E-state index in [2.05, 4.69) is 10.6 Å². The molecule has 0 aliphatic heterocycles. The monoisotopic (exact) mass is 274 g/mol. The van der Waals surface area contributed by atoms with Gasteiger partial charge in [-0.25, -0.2) is 4.79 Å². The Morgan fingerprint density at radius 2 is 1.89 bits per heavy atom. The molecule has 0 aromatic carbocycles. The number of nitrogens with one attached hydrogen (secondary N) is 2. The molecule has 0 rings (SSSR count). The molecule has 7 nitrogen and oxygen atoms in total. The molecule has 0 radical (unpaired) electrons. The molecule has 0 fully saturated rings. The highest BCUT2D eigenvalue weighted by Gasteiger charge is 2.07. The lowest BCUT2D eigenvalue weighted by Crippen LogP contribution is -2.40. The van der Waals surface area contributed by atoms with Crippen molar-refractivity contribution < 1.29 is 24.2 Å². The summed E-state index contributed by atoms with van der Waals surface area (Å²) in [4.78, 5) is 32.7. The Morgan fingerprint density at radius 3 is 2.47 bits per heavy atom. The number of rotatable bonds is 9. The van der Waals surface area contributed by atoms with E-state index in [1.54, 1.807) is 0 Å².